The van der Waals surface area contributed by atoms with Gasteiger partial charge in [-0.15, -0.1) is 0 Å². The van der Waals surface area contributed by atoms with Gasteiger partial charge < -0.3 is 9.64 Å². The summed E-state index contributed by atoms with van der Waals surface area (Å²) in [7, 11) is 0. The quantitative estimate of drug-likeness (QED) is 0.826. The topological polar surface area (TPSA) is 45.7 Å². The van der Waals surface area contributed by atoms with E-state index in [1.165, 1.54) is 24.0 Å². The van der Waals surface area contributed by atoms with Crippen LogP contribution < -0.4 is 4.74 Å². The van der Waals surface area contributed by atoms with Crippen LogP contribution in [0, 0.1) is 13.8 Å². The number of carbonyl (C=O) groups is 1. The molecule has 1 aromatic heterocycles. The maximum Gasteiger partial charge on any atom is 0.276 e. The molecule has 4 rings (SSSR count). The standard InChI is InChI=1S/C22H25N3O2/c1-16-4-7-19(14-17(16)2)27-20-8-9-21(23-15-20)22(26)25-11-3-10-24(12-13-25)18-5-6-18/h3-4,7-9,11,14-15,18H,5-6,10,12-13H2,1-2H3. The van der Waals surface area contributed by atoms with Crippen molar-refractivity contribution >= 4 is 5.91 Å². The van der Waals surface area contributed by atoms with E-state index < -0.39 is 0 Å². The molecule has 2 aliphatic rings. The highest BCUT2D eigenvalue weighted by Crippen LogP contribution is 2.27. The van der Waals surface area contributed by atoms with E-state index in [-0.39, 0.29) is 5.91 Å². The summed E-state index contributed by atoms with van der Waals surface area (Å²) < 4.78 is 5.85. The number of ether oxygens (including phenoxy) is 1. The van der Waals surface area contributed by atoms with Crippen LogP contribution in [-0.2, 0) is 0 Å². The van der Waals surface area contributed by atoms with Crippen molar-refractivity contribution in [3.05, 3.63) is 65.6 Å². The summed E-state index contributed by atoms with van der Waals surface area (Å²) in [6.45, 7) is 6.67. The number of hydrogen-bond donors (Lipinski definition) is 0. The molecule has 1 saturated carbocycles. The second-order valence-corrected chi connectivity index (χ2v) is 7.34. The van der Waals surface area contributed by atoms with Crippen molar-refractivity contribution in [1.82, 2.24) is 14.8 Å². The molecular formula is C22H25N3O2. The van der Waals surface area contributed by atoms with Crippen molar-refractivity contribution in [3.8, 4) is 11.5 Å². The van der Waals surface area contributed by atoms with Crippen molar-refractivity contribution < 1.29 is 9.53 Å². The van der Waals surface area contributed by atoms with Crippen LogP contribution >= 0.6 is 0 Å². The Hall–Kier alpha value is -2.66. The maximum atomic E-state index is 12.7. The smallest absolute Gasteiger partial charge is 0.276 e. The molecule has 2 heterocycles. The molecule has 0 N–H and O–H groups in total. The Kier molecular flexibility index (Phi) is 4.94. The van der Waals surface area contributed by atoms with E-state index in [4.69, 9.17) is 4.74 Å². The third-order valence-electron chi connectivity index (χ3n) is 5.25. The summed E-state index contributed by atoms with van der Waals surface area (Å²) in [6.07, 6.45) is 8.14. The van der Waals surface area contributed by atoms with E-state index in [1.807, 2.05) is 24.4 Å². The van der Waals surface area contributed by atoms with Gasteiger partial charge in [-0.05, 0) is 62.1 Å². The molecule has 2 aromatic rings. The first kappa shape index (κ1) is 17.7. The van der Waals surface area contributed by atoms with Gasteiger partial charge in [-0.25, -0.2) is 4.98 Å². The Balaban J connectivity index is 1.40. The second kappa shape index (κ2) is 7.53. The summed E-state index contributed by atoms with van der Waals surface area (Å²) in [6, 6.07) is 10.2. The van der Waals surface area contributed by atoms with Crippen LogP contribution in [0.25, 0.3) is 0 Å². The predicted octanol–water partition coefficient (Wildman–Crippen LogP) is 3.92. The summed E-state index contributed by atoms with van der Waals surface area (Å²) in [5, 5.41) is 0. The zero-order valence-corrected chi connectivity index (χ0v) is 15.9. The first-order valence-electron chi connectivity index (χ1n) is 9.53. The van der Waals surface area contributed by atoms with E-state index in [0.29, 0.717) is 24.0 Å². The molecular weight excluding hydrogens is 338 g/mol. The monoisotopic (exact) mass is 363 g/mol. The van der Waals surface area contributed by atoms with Gasteiger partial charge in [0.25, 0.3) is 5.91 Å². The fraction of sp³-hybridized carbons (Fsp3) is 0.364. The lowest BCUT2D eigenvalue weighted by molar-refractivity contribution is 0.0809. The van der Waals surface area contributed by atoms with Crippen molar-refractivity contribution in [1.29, 1.82) is 0 Å². The van der Waals surface area contributed by atoms with Gasteiger partial charge in [-0.3, -0.25) is 9.69 Å². The molecule has 5 heteroatoms. The number of benzene rings is 1. The van der Waals surface area contributed by atoms with Crippen LogP contribution in [0.4, 0.5) is 0 Å². The predicted molar refractivity (Wildman–Crippen MR) is 105 cm³/mol. The second-order valence-electron chi connectivity index (χ2n) is 7.34. The highest BCUT2D eigenvalue weighted by atomic mass is 16.5. The molecule has 27 heavy (non-hydrogen) atoms. The van der Waals surface area contributed by atoms with Crippen LogP contribution in [0.15, 0.2) is 48.8 Å². The number of amides is 1. The first-order chi connectivity index (χ1) is 13.1. The maximum absolute atomic E-state index is 12.7. The van der Waals surface area contributed by atoms with Crippen molar-refractivity contribution in [2.24, 2.45) is 0 Å². The van der Waals surface area contributed by atoms with E-state index in [9.17, 15) is 4.79 Å². The van der Waals surface area contributed by atoms with Gasteiger partial charge in [0, 0.05) is 31.9 Å². The number of aryl methyl sites for hydroxylation is 2. The van der Waals surface area contributed by atoms with Gasteiger partial charge in [-0.1, -0.05) is 12.1 Å². The van der Waals surface area contributed by atoms with E-state index in [0.717, 1.165) is 18.8 Å². The van der Waals surface area contributed by atoms with E-state index in [2.05, 4.69) is 29.8 Å². The largest absolute Gasteiger partial charge is 0.456 e. The van der Waals surface area contributed by atoms with Crippen LogP contribution in [0.1, 0.15) is 34.5 Å². The molecule has 0 unspecified atom stereocenters. The number of hydrogen-bond acceptors (Lipinski definition) is 4. The van der Waals surface area contributed by atoms with Gasteiger partial charge in [0.15, 0.2) is 0 Å². The van der Waals surface area contributed by atoms with Crippen LogP contribution in [-0.4, -0.2) is 46.4 Å². The molecule has 0 bridgehead atoms. The lowest BCUT2D eigenvalue weighted by atomic mass is 10.1. The van der Waals surface area contributed by atoms with Crippen LogP contribution in [0.5, 0.6) is 11.5 Å². The van der Waals surface area contributed by atoms with Gasteiger partial charge in [-0.2, -0.15) is 0 Å². The average molecular weight is 363 g/mol. The van der Waals surface area contributed by atoms with Crippen LogP contribution in [0.2, 0.25) is 0 Å². The average Bonchev–Trinajstić information content (AvgIpc) is 3.51. The molecule has 0 saturated heterocycles. The number of nitrogens with zero attached hydrogens (tertiary/aromatic N) is 3. The van der Waals surface area contributed by atoms with Crippen LogP contribution in [0.3, 0.4) is 0 Å². The van der Waals surface area contributed by atoms with E-state index >= 15 is 0 Å². The summed E-state index contributed by atoms with van der Waals surface area (Å²) in [5.41, 5.74) is 2.85. The highest BCUT2D eigenvalue weighted by molar-refractivity contribution is 5.93. The molecule has 0 spiro atoms. The zero-order chi connectivity index (χ0) is 18.8. The number of aromatic nitrogens is 1. The third kappa shape index (κ3) is 4.19. The van der Waals surface area contributed by atoms with Crippen molar-refractivity contribution in [2.75, 3.05) is 19.6 Å². The lowest BCUT2D eigenvalue weighted by Gasteiger charge is -2.21. The molecule has 5 nitrogen and oxygen atoms in total. The molecule has 1 amide bonds. The third-order valence-corrected chi connectivity index (χ3v) is 5.25. The Labute approximate surface area is 160 Å². The molecule has 1 aliphatic heterocycles. The Bertz CT molecular complexity index is 856. The summed E-state index contributed by atoms with van der Waals surface area (Å²) >= 11 is 0. The first-order valence-corrected chi connectivity index (χ1v) is 9.53. The Morgan fingerprint density at radius 1 is 1.07 bits per heavy atom. The molecule has 1 aliphatic carbocycles. The zero-order valence-electron chi connectivity index (χ0n) is 15.9. The lowest BCUT2D eigenvalue weighted by Crippen LogP contribution is -2.34. The fourth-order valence-corrected chi connectivity index (χ4v) is 3.28. The molecule has 1 aromatic carbocycles. The number of rotatable bonds is 4. The minimum atomic E-state index is -0.0679. The van der Waals surface area contributed by atoms with Gasteiger partial charge in [0.2, 0.25) is 0 Å². The SMILES string of the molecule is Cc1ccc(Oc2ccc(C(=O)N3C=CCN(C4CC4)CC3)nc2)cc1C. The van der Waals surface area contributed by atoms with Gasteiger partial charge >= 0.3 is 0 Å². The van der Waals surface area contributed by atoms with Gasteiger partial charge in [0.1, 0.15) is 17.2 Å². The highest BCUT2D eigenvalue weighted by Gasteiger charge is 2.29. The molecule has 1 fully saturated rings. The Morgan fingerprint density at radius 3 is 2.59 bits per heavy atom. The normalized spacial score (nSPS) is 17.6. The molecule has 0 atom stereocenters. The number of pyridine rings is 1. The summed E-state index contributed by atoms with van der Waals surface area (Å²) in [4.78, 5) is 21.3. The Morgan fingerprint density at radius 2 is 1.89 bits per heavy atom. The minimum absolute atomic E-state index is 0.0679. The minimum Gasteiger partial charge on any atom is -0.456 e. The van der Waals surface area contributed by atoms with Gasteiger partial charge in [0.05, 0.1) is 6.20 Å². The van der Waals surface area contributed by atoms with E-state index in [1.54, 1.807) is 23.2 Å². The molecule has 0 radical (unpaired) electrons. The number of carbonyl (C=O) groups excluding carboxylic acids is 1. The van der Waals surface area contributed by atoms with Crippen molar-refractivity contribution in [3.63, 3.8) is 0 Å². The summed E-state index contributed by atoms with van der Waals surface area (Å²) in [5.74, 6) is 1.33. The van der Waals surface area contributed by atoms with Crippen molar-refractivity contribution in [2.45, 2.75) is 32.7 Å². The fourth-order valence-electron chi connectivity index (χ4n) is 3.28. The molecule has 140 valence electrons.